The molecule has 0 spiro atoms. The van der Waals surface area contributed by atoms with Gasteiger partial charge >= 0.3 is 0 Å². The van der Waals surface area contributed by atoms with E-state index < -0.39 is 24.1 Å². The minimum absolute atomic E-state index is 0.119. The molecule has 2 amide bonds. The molecule has 0 aliphatic carbocycles. The fraction of sp³-hybridized carbons (Fsp3) is 0.850. The number of nitrogens with one attached hydrogen (secondary N) is 3. The minimum Gasteiger partial charge on any atom is -0.391 e. The standard InChI is InChI=1S/C20H38N4O4/c1-11(2)8-14-9-22-10-15(14)19(27)24-17(13(5)25)20(28)23-16(6-7-21)18(26)12(3)4/h11-17,22,25H,6-10,21H2,1-5H3,(H,23,28)(H,24,27)/t13-,14?,15?,16-,17-/m0/s1. The molecule has 0 aromatic carbocycles. The first-order valence-corrected chi connectivity index (χ1v) is 10.3. The second kappa shape index (κ2) is 11.5. The van der Waals surface area contributed by atoms with Gasteiger partial charge in [0.15, 0.2) is 5.78 Å². The summed E-state index contributed by atoms with van der Waals surface area (Å²) in [5.41, 5.74) is 5.57. The molecule has 0 aromatic rings. The number of amides is 2. The first-order chi connectivity index (χ1) is 13.1. The molecule has 1 heterocycles. The first-order valence-electron chi connectivity index (χ1n) is 10.3. The number of hydrogen-bond acceptors (Lipinski definition) is 6. The Labute approximate surface area is 168 Å². The summed E-state index contributed by atoms with van der Waals surface area (Å²) in [6.07, 6.45) is 0.138. The zero-order chi connectivity index (χ0) is 21.4. The van der Waals surface area contributed by atoms with Gasteiger partial charge in [-0.15, -0.1) is 0 Å². The lowest BCUT2D eigenvalue weighted by molar-refractivity contribution is -0.136. The third-order valence-corrected chi connectivity index (χ3v) is 5.20. The van der Waals surface area contributed by atoms with Gasteiger partial charge < -0.3 is 26.8 Å². The molecule has 0 saturated carbocycles. The van der Waals surface area contributed by atoms with Crippen LogP contribution in [0, 0.1) is 23.7 Å². The Morgan fingerprint density at radius 2 is 1.75 bits per heavy atom. The summed E-state index contributed by atoms with van der Waals surface area (Å²) in [7, 11) is 0. The van der Waals surface area contributed by atoms with Crippen LogP contribution in [-0.4, -0.2) is 60.5 Å². The lowest BCUT2D eigenvalue weighted by Crippen LogP contribution is -2.57. The van der Waals surface area contributed by atoms with Crippen LogP contribution < -0.4 is 21.7 Å². The number of carbonyl (C=O) groups is 3. The Balaban J connectivity index is 2.81. The number of nitrogens with two attached hydrogens (primary N) is 1. The van der Waals surface area contributed by atoms with E-state index in [0.717, 1.165) is 13.0 Å². The second-order valence-electron chi connectivity index (χ2n) is 8.58. The molecular weight excluding hydrogens is 360 g/mol. The predicted molar refractivity (Wildman–Crippen MR) is 108 cm³/mol. The number of carbonyl (C=O) groups excluding carboxylic acids is 3. The summed E-state index contributed by atoms with van der Waals surface area (Å²) in [5, 5.41) is 18.7. The van der Waals surface area contributed by atoms with Crippen LogP contribution in [0.25, 0.3) is 0 Å². The Morgan fingerprint density at radius 1 is 1.11 bits per heavy atom. The van der Waals surface area contributed by atoms with Gasteiger partial charge in [0.25, 0.3) is 0 Å². The number of aliphatic hydroxyl groups excluding tert-OH is 1. The van der Waals surface area contributed by atoms with Crippen LogP contribution in [0.4, 0.5) is 0 Å². The second-order valence-corrected chi connectivity index (χ2v) is 8.58. The third kappa shape index (κ3) is 7.14. The average Bonchev–Trinajstić information content (AvgIpc) is 3.05. The molecule has 1 saturated heterocycles. The van der Waals surface area contributed by atoms with Crippen molar-refractivity contribution >= 4 is 17.6 Å². The van der Waals surface area contributed by atoms with Crippen molar-refractivity contribution in [1.29, 1.82) is 0 Å². The molecule has 1 aliphatic rings. The van der Waals surface area contributed by atoms with Gasteiger partial charge in [-0.1, -0.05) is 27.7 Å². The monoisotopic (exact) mass is 398 g/mol. The molecular formula is C20H38N4O4. The Bertz CT molecular complexity index is 536. The quantitative estimate of drug-likeness (QED) is 0.327. The molecule has 162 valence electrons. The molecule has 0 bridgehead atoms. The predicted octanol–water partition coefficient (Wildman–Crippen LogP) is -0.208. The van der Waals surface area contributed by atoms with E-state index in [2.05, 4.69) is 29.8 Å². The first kappa shape index (κ1) is 24.5. The van der Waals surface area contributed by atoms with E-state index in [1.165, 1.54) is 6.92 Å². The average molecular weight is 399 g/mol. The molecule has 8 heteroatoms. The van der Waals surface area contributed by atoms with Gasteiger partial charge in [-0.05, 0) is 44.7 Å². The van der Waals surface area contributed by atoms with Gasteiger partial charge in [0, 0.05) is 12.5 Å². The van der Waals surface area contributed by atoms with Crippen molar-refractivity contribution in [3.63, 3.8) is 0 Å². The lowest BCUT2D eigenvalue weighted by Gasteiger charge is -2.27. The summed E-state index contributed by atoms with van der Waals surface area (Å²) in [6, 6.07) is -1.84. The molecule has 1 aliphatic heterocycles. The van der Waals surface area contributed by atoms with Gasteiger partial charge in [0.05, 0.1) is 18.1 Å². The lowest BCUT2D eigenvalue weighted by atomic mass is 9.87. The van der Waals surface area contributed by atoms with Crippen molar-refractivity contribution in [3.8, 4) is 0 Å². The van der Waals surface area contributed by atoms with Crippen molar-refractivity contribution in [2.45, 2.75) is 65.6 Å². The van der Waals surface area contributed by atoms with Crippen LogP contribution in [0.15, 0.2) is 0 Å². The maximum absolute atomic E-state index is 12.8. The van der Waals surface area contributed by atoms with Crippen molar-refractivity contribution in [1.82, 2.24) is 16.0 Å². The normalized spacial score (nSPS) is 22.8. The van der Waals surface area contributed by atoms with Crippen molar-refractivity contribution in [3.05, 3.63) is 0 Å². The molecule has 2 unspecified atom stereocenters. The molecule has 6 N–H and O–H groups in total. The van der Waals surface area contributed by atoms with Crippen LogP contribution in [0.5, 0.6) is 0 Å². The van der Waals surface area contributed by atoms with Crippen LogP contribution >= 0.6 is 0 Å². The van der Waals surface area contributed by atoms with Crippen molar-refractivity contribution in [2.24, 2.45) is 29.4 Å². The van der Waals surface area contributed by atoms with Gasteiger partial charge in [-0.3, -0.25) is 14.4 Å². The van der Waals surface area contributed by atoms with Crippen LogP contribution in [0.2, 0.25) is 0 Å². The number of rotatable bonds is 11. The molecule has 1 fully saturated rings. The summed E-state index contributed by atoms with van der Waals surface area (Å²) in [4.78, 5) is 37.8. The molecule has 5 atom stereocenters. The van der Waals surface area contributed by atoms with Gasteiger partial charge in [0.1, 0.15) is 6.04 Å². The van der Waals surface area contributed by atoms with E-state index in [-0.39, 0.29) is 36.0 Å². The van der Waals surface area contributed by atoms with E-state index in [4.69, 9.17) is 5.73 Å². The van der Waals surface area contributed by atoms with Gasteiger partial charge in [0.2, 0.25) is 11.8 Å². The summed E-state index contributed by atoms with van der Waals surface area (Å²) in [6.45, 7) is 10.8. The molecule has 1 rings (SSSR count). The zero-order valence-electron chi connectivity index (χ0n) is 17.8. The zero-order valence-corrected chi connectivity index (χ0v) is 17.8. The fourth-order valence-corrected chi connectivity index (χ4v) is 3.67. The molecule has 28 heavy (non-hydrogen) atoms. The van der Waals surface area contributed by atoms with E-state index in [0.29, 0.717) is 18.9 Å². The maximum atomic E-state index is 12.8. The SMILES string of the molecule is CC(C)CC1CNCC1C(=O)N[C@H](C(=O)N[C@@H](CCN)C(=O)C(C)C)[C@H](C)O. The molecule has 0 aromatic heterocycles. The fourth-order valence-electron chi connectivity index (χ4n) is 3.67. The maximum Gasteiger partial charge on any atom is 0.245 e. The Hall–Kier alpha value is -1.51. The third-order valence-electron chi connectivity index (χ3n) is 5.20. The van der Waals surface area contributed by atoms with E-state index in [1.807, 2.05) is 0 Å². The van der Waals surface area contributed by atoms with E-state index >= 15 is 0 Å². The summed E-state index contributed by atoms with van der Waals surface area (Å²) < 4.78 is 0. The topological polar surface area (TPSA) is 134 Å². The van der Waals surface area contributed by atoms with Gasteiger partial charge in [-0.25, -0.2) is 0 Å². The molecule has 8 nitrogen and oxygen atoms in total. The van der Waals surface area contributed by atoms with Crippen LogP contribution in [-0.2, 0) is 14.4 Å². The van der Waals surface area contributed by atoms with E-state index in [9.17, 15) is 19.5 Å². The smallest absolute Gasteiger partial charge is 0.245 e. The number of Topliss-reactive ketones (excluding diaryl/α,β-unsaturated/α-hetero) is 1. The minimum atomic E-state index is -1.12. The Kier molecular flexibility index (Phi) is 10.1. The van der Waals surface area contributed by atoms with Crippen LogP contribution in [0.1, 0.15) is 47.5 Å². The van der Waals surface area contributed by atoms with Gasteiger partial charge in [-0.2, -0.15) is 0 Å². The number of hydrogen-bond donors (Lipinski definition) is 5. The van der Waals surface area contributed by atoms with E-state index in [1.54, 1.807) is 13.8 Å². The highest BCUT2D eigenvalue weighted by Gasteiger charge is 2.36. The largest absolute Gasteiger partial charge is 0.391 e. The highest BCUT2D eigenvalue weighted by atomic mass is 16.3. The van der Waals surface area contributed by atoms with Crippen LogP contribution in [0.3, 0.4) is 0 Å². The summed E-state index contributed by atoms with van der Waals surface area (Å²) in [5.74, 6) is -0.761. The summed E-state index contributed by atoms with van der Waals surface area (Å²) >= 11 is 0. The number of ketones is 1. The highest BCUT2D eigenvalue weighted by Crippen LogP contribution is 2.24. The number of aliphatic hydroxyl groups is 1. The highest BCUT2D eigenvalue weighted by molar-refractivity contribution is 5.94. The molecule has 0 radical (unpaired) electrons. The van der Waals surface area contributed by atoms with Crippen molar-refractivity contribution in [2.75, 3.05) is 19.6 Å². The van der Waals surface area contributed by atoms with Crippen molar-refractivity contribution < 1.29 is 19.5 Å². The Morgan fingerprint density at radius 3 is 2.25 bits per heavy atom.